The van der Waals surface area contributed by atoms with Crippen molar-refractivity contribution < 1.29 is 18.8 Å². The number of amidine groups is 1. The second-order valence-electron chi connectivity index (χ2n) is 5.25. The lowest BCUT2D eigenvalue weighted by atomic mass is 9.85. The monoisotopic (exact) mass is 263 g/mol. The third-order valence-electron chi connectivity index (χ3n) is 3.19. The molecule has 0 aromatic rings. The van der Waals surface area contributed by atoms with Gasteiger partial charge in [-0.25, -0.2) is 8.78 Å². The van der Waals surface area contributed by atoms with Crippen LogP contribution in [0.25, 0.3) is 0 Å². The van der Waals surface area contributed by atoms with E-state index in [4.69, 9.17) is 10.9 Å². The van der Waals surface area contributed by atoms with E-state index in [0.29, 0.717) is 12.8 Å². The van der Waals surface area contributed by atoms with Crippen LogP contribution < -0.4 is 11.1 Å². The van der Waals surface area contributed by atoms with Gasteiger partial charge in [-0.1, -0.05) is 5.16 Å². The number of carbonyl (C=O) groups excluding carboxylic acids is 1. The molecule has 4 N–H and O–H groups in total. The van der Waals surface area contributed by atoms with Crippen LogP contribution in [0.4, 0.5) is 8.78 Å². The number of hydrogen-bond donors (Lipinski definition) is 3. The number of oxime groups is 1. The first-order valence-electron chi connectivity index (χ1n) is 5.86. The smallest absolute Gasteiger partial charge is 0.248 e. The number of hydrogen-bond acceptors (Lipinski definition) is 3. The van der Waals surface area contributed by atoms with Gasteiger partial charge in [-0.3, -0.25) is 4.79 Å². The van der Waals surface area contributed by atoms with Crippen LogP contribution in [0.2, 0.25) is 0 Å². The number of nitrogens with one attached hydrogen (secondary N) is 1. The molecule has 1 rings (SSSR count). The Morgan fingerprint density at radius 2 is 2.17 bits per heavy atom. The lowest BCUT2D eigenvalue weighted by Gasteiger charge is -2.31. The molecule has 5 nitrogen and oxygen atoms in total. The van der Waals surface area contributed by atoms with Crippen LogP contribution in [0.15, 0.2) is 5.16 Å². The lowest BCUT2D eigenvalue weighted by molar-refractivity contribution is -0.133. The van der Waals surface area contributed by atoms with Crippen LogP contribution in [0, 0.1) is 5.92 Å². The van der Waals surface area contributed by atoms with Crippen molar-refractivity contribution in [2.75, 3.05) is 0 Å². The molecule has 18 heavy (non-hydrogen) atoms. The van der Waals surface area contributed by atoms with Crippen molar-refractivity contribution >= 4 is 11.7 Å². The predicted molar refractivity (Wildman–Crippen MR) is 62.5 cm³/mol. The largest absolute Gasteiger partial charge is 0.409 e. The van der Waals surface area contributed by atoms with Crippen molar-refractivity contribution in [1.82, 2.24) is 5.32 Å². The molecule has 7 heteroatoms. The molecular formula is C11H19F2N3O2. The minimum absolute atomic E-state index is 0.166. The predicted octanol–water partition coefficient (Wildman–Crippen LogP) is 1.45. The van der Waals surface area contributed by atoms with E-state index in [9.17, 15) is 13.6 Å². The van der Waals surface area contributed by atoms with Crippen molar-refractivity contribution in [2.45, 2.75) is 51.0 Å². The van der Waals surface area contributed by atoms with E-state index >= 15 is 0 Å². The Bertz CT molecular complexity index is 356. The molecule has 0 radical (unpaired) electrons. The van der Waals surface area contributed by atoms with Gasteiger partial charge < -0.3 is 16.3 Å². The minimum atomic E-state index is -2.78. The first kappa shape index (κ1) is 14.7. The number of carbonyl (C=O) groups is 1. The highest BCUT2D eigenvalue weighted by Crippen LogP contribution is 2.36. The Hall–Kier alpha value is -1.40. The summed E-state index contributed by atoms with van der Waals surface area (Å²) in [5.74, 6) is -4.15. The van der Waals surface area contributed by atoms with Crippen molar-refractivity contribution in [3.8, 4) is 0 Å². The minimum Gasteiger partial charge on any atom is -0.409 e. The van der Waals surface area contributed by atoms with Crippen molar-refractivity contribution in [3.05, 3.63) is 0 Å². The molecule has 0 aliphatic heterocycles. The number of amides is 1. The lowest BCUT2D eigenvalue weighted by Crippen LogP contribution is -2.55. The summed E-state index contributed by atoms with van der Waals surface area (Å²) in [6.45, 7) is 3.09. The summed E-state index contributed by atoms with van der Waals surface area (Å²) in [6.07, 6.45) is 0.161. The zero-order valence-electron chi connectivity index (χ0n) is 10.5. The highest BCUT2D eigenvalue weighted by atomic mass is 19.3. The normalized spacial score (nSPS) is 24.7. The molecular weight excluding hydrogens is 244 g/mol. The summed E-state index contributed by atoms with van der Waals surface area (Å²) in [6, 6.07) is 0. The average molecular weight is 263 g/mol. The summed E-state index contributed by atoms with van der Waals surface area (Å²) < 4.78 is 26.4. The molecule has 0 spiro atoms. The summed E-state index contributed by atoms with van der Waals surface area (Å²) >= 11 is 0. The summed E-state index contributed by atoms with van der Waals surface area (Å²) in [4.78, 5) is 11.9. The van der Waals surface area contributed by atoms with Gasteiger partial charge in [0, 0.05) is 18.8 Å². The van der Waals surface area contributed by atoms with Crippen LogP contribution in [0.1, 0.15) is 39.5 Å². The van der Waals surface area contributed by atoms with Crippen molar-refractivity contribution in [2.24, 2.45) is 16.8 Å². The van der Waals surface area contributed by atoms with Crippen LogP contribution in [-0.4, -0.2) is 28.4 Å². The van der Waals surface area contributed by atoms with E-state index in [2.05, 4.69) is 10.5 Å². The Morgan fingerprint density at radius 3 is 2.67 bits per heavy atom. The van der Waals surface area contributed by atoms with Gasteiger partial charge in [0.25, 0.3) is 0 Å². The molecule has 1 amide bonds. The Labute approximate surface area is 104 Å². The fourth-order valence-corrected chi connectivity index (χ4v) is 1.99. The van der Waals surface area contributed by atoms with Crippen LogP contribution in [0.5, 0.6) is 0 Å². The average Bonchev–Trinajstić information content (AvgIpc) is 2.25. The van der Waals surface area contributed by atoms with Gasteiger partial charge in [0.05, 0.1) is 5.54 Å². The zero-order valence-corrected chi connectivity index (χ0v) is 10.5. The Balaban J connectivity index is 2.66. The number of nitrogens with two attached hydrogens (primary N) is 1. The molecule has 1 saturated carbocycles. The molecule has 0 aromatic carbocycles. The molecule has 1 atom stereocenters. The maximum Gasteiger partial charge on any atom is 0.248 e. The molecule has 104 valence electrons. The van der Waals surface area contributed by atoms with Gasteiger partial charge >= 0.3 is 0 Å². The summed E-state index contributed by atoms with van der Waals surface area (Å²) in [7, 11) is 0. The van der Waals surface area contributed by atoms with Crippen molar-refractivity contribution in [1.29, 1.82) is 0 Å². The first-order chi connectivity index (χ1) is 8.18. The quantitative estimate of drug-likeness (QED) is 0.312. The third-order valence-corrected chi connectivity index (χ3v) is 3.19. The van der Waals surface area contributed by atoms with Gasteiger partial charge in [0.1, 0.15) is 0 Å². The molecule has 1 fully saturated rings. The van der Waals surface area contributed by atoms with Crippen LogP contribution in [0.3, 0.4) is 0 Å². The van der Waals surface area contributed by atoms with E-state index < -0.39 is 29.7 Å². The van der Waals surface area contributed by atoms with E-state index in [-0.39, 0.29) is 12.3 Å². The fourth-order valence-electron chi connectivity index (χ4n) is 1.99. The van der Waals surface area contributed by atoms with Gasteiger partial charge in [0.15, 0.2) is 5.84 Å². The maximum atomic E-state index is 13.2. The Kier molecular flexibility index (Phi) is 4.13. The topological polar surface area (TPSA) is 87.7 Å². The zero-order chi connectivity index (χ0) is 14.0. The number of alkyl halides is 2. The summed E-state index contributed by atoms with van der Waals surface area (Å²) in [5.41, 5.74) is 4.36. The van der Waals surface area contributed by atoms with E-state index in [1.54, 1.807) is 13.8 Å². The van der Waals surface area contributed by atoms with E-state index in [1.807, 2.05) is 0 Å². The van der Waals surface area contributed by atoms with Crippen LogP contribution >= 0.6 is 0 Å². The number of nitrogens with zero attached hydrogens (tertiary/aromatic N) is 1. The van der Waals surface area contributed by atoms with E-state index in [0.717, 1.165) is 0 Å². The molecule has 1 unspecified atom stereocenters. The van der Waals surface area contributed by atoms with Crippen molar-refractivity contribution in [3.63, 3.8) is 0 Å². The van der Waals surface area contributed by atoms with Gasteiger partial charge in [-0.05, 0) is 26.7 Å². The molecule has 1 aliphatic carbocycles. The second kappa shape index (κ2) is 5.07. The van der Waals surface area contributed by atoms with E-state index in [1.165, 1.54) is 0 Å². The Morgan fingerprint density at radius 1 is 1.56 bits per heavy atom. The van der Waals surface area contributed by atoms with Gasteiger partial charge in [-0.2, -0.15) is 0 Å². The summed E-state index contributed by atoms with van der Waals surface area (Å²) in [5, 5.41) is 13.9. The third kappa shape index (κ3) is 3.54. The molecule has 1 aliphatic rings. The van der Waals surface area contributed by atoms with Gasteiger partial charge in [-0.15, -0.1) is 0 Å². The number of halogens is 2. The van der Waals surface area contributed by atoms with Gasteiger partial charge in [0.2, 0.25) is 11.8 Å². The molecule has 0 aromatic heterocycles. The highest BCUT2D eigenvalue weighted by Gasteiger charge is 2.40. The molecule has 0 bridgehead atoms. The second-order valence-corrected chi connectivity index (χ2v) is 5.25. The fraction of sp³-hybridized carbons (Fsp3) is 0.818. The van der Waals surface area contributed by atoms with Crippen LogP contribution in [-0.2, 0) is 4.79 Å². The molecule has 0 heterocycles. The maximum absolute atomic E-state index is 13.2. The highest BCUT2D eigenvalue weighted by molar-refractivity contribution is 5.93. The SMILES string of the molecule is CC(C)(NC(=O)C1CCCC(F)(F)C1)C(N)=NO. The first-order valence-corrected chi connectivity index (χ1v) is 5.86. The number of rotatable bonds is 3. The standard InChI is InChI=1S/C11H19F2N3O2/c1-10(2,9(14)16-18)15-8(17)7-4-3-5-11(12,13)6-7/h7,18H,3-6H2,1-2H3,(H2,14,16)(H,15,17). The molecule has 0 saturated heterocycles.